The number of hydrogen-bond donors (Lipinski definition) is 2. The van der Waals surface area contributed by atoms with Crippen molar-refractivity contribution < 1.29 is 9.53 Å². The zero-order chi connectivity index (χ0) is 25.2. The van der Waals surface area contributed by atoms with E-state index in [-0.39, 0.29) is 17.9 Å². The van der Waals surface area contributed by atoms with Crippen molar-refractivity contribution in [2.75, 3.05) is 31.9 Å². The number of aromatic nitrogens is 4. The predicted molar refractivity (Wildman–Crippen MR) is 142 cm³/mol. The molecule has 1 atom stereocenters. The van der Waals surface area contributed by atoms with E-state index in [1.807, 2.05) is 64.2 Å². The van der Waals surface area contributed by atoms with Gasteiger partial charge in [0.25, 0.3) is 0 Å². The van der Waals surface area contributed by atoms with Crippen molar-refractivity contribution in [1.29, 1.82) is 0 Å². The Morgan fingerprint density at radius 3 is 2.51 bits per heavy atom. The monoisotopic (exact) mass is 497 g/mol. The number of rotatable bonds is 5. The summed E-state index contributed by atoms with van der Waals surface area (Å²) >= 11 is 0. The molecule has 0 unspecified atom stereocenters. The molecule has 2 aromatic carbocycles. The fraction of sp³-hybridized carbons (Fsp3) is 0.357. The highest BCUT2D eigenvalue weighted by Gasteiger charge is 2.32. The van der Waals surface area contributed by atoms with Crippen LogP contribution in [0, 0.1) is 5.92 Å². The van der Waals surface area contributed by atoms with Crippen molar-refractivity contribution in [2.24, 2.45) is 5.92 Å². The molecule has 4 heterocycles. The lowest BCUT2D eigenvalue weighted by Gasteiger charge is -2.36. The summed E-state index contributed by atoms with van der Waals surface area (Å²) in [4.78, 5) is 24.1. The number of ether oxygens (including phenoxy) is 1. The van der Waals surface area contributed by atoms with E-state index in [2.05, 4.69) is 15.3 Å². The van der Waals surface area contributed by atoms with Crippen LogP contribution in [0.5, 0.6) is 11.5 Å². The van der Waals surface area contributed by atoms with Crippen LogP contribution in [0.1, 0.15) is 31.7 Å². The van der Waals surface area contributed by atoms with Gasteiger partial charge in [-0.1, -0.05) is 18.2 Å². The van der Waals surface area contributed by atoms with Gasteiger partial charge in [-0.3, -0.25) is 4.79 Å². The molecule has 2 aromatic heterocycles. The number of para-hydroxylation sites is 1. The molecule has 0 bridgehead atoms. The van der Waals surface area contributed by atoms with Crippen molar-refractivity contribution in [3.63, 3.8) is 0 Å². The normalized spacial score (nSPS) is 18.7. The molecule has 190 valence electrons. The smallest absolute Gasteiger partial charge is 0.225 e. The number of carbonyl (C=O) groups excluding carboxylic acids is 1. The predicted octanol–water partition coefficient (Wildman–Crippen LogP) is 4.03. The molecule has 0 saturated carbocycles. The van der Waals surface area contributed by atoms with Gasteiger partial charge in [-0.05, 0) is 75.2 Å². The average molecular weight is 498 g/mol. The van der Waals surface area contributed by atoms with Crippen molar-refractivity contribution in [1.82, 2.24) is 30.0 Å². The van der Waals surface area contributed by atoms with Gasteiger partial charge >= 0.3 is 0 Å². The maximum Gasteiger partial charge on any atom is 0.225 e. The molecule has 2 fully saturated rings. The zero-order valence-electron chi connectivity index (χ0n) is 20.7. The molecule has 3 N–H and O–H groups in total. The summed E-state index contributed by atoms with van der Waals surface area (Å²) in [6, 6.07) is 17.5. The van der Waals surface area contributed by atoms with E-state index in [9.17, 15) is 4.79 Å². The van der Waals surface area contributed by atoms with Crippen LogP contribution >= 0.6 is 0 Å². The third kappa shape index (κ3) is 4.74. The maximum absolute atomic E-state index is 13.2. The first-order valence-corrected chi connectivity index (χ1v) is 13.0. The lowest BCUT2D eigenvalue weighted by molar-refractivity contribution is -0.138. The Morgan fingerprint density at radius 1 is 0.973 bits per heavy atom. The first-order chi connectivity index (χ1) is 18.2. The Morgan fingerprint density at radius 2 is 1.73 bits per heavy atom. The Hall–Kier alpha value is -3.98. The van der Waals surface area contributed by atoms with E-state index in [1.165, 1.54) is 6.33 Å². The van der Waals surface area contributed by atoms with Gasteiger partial charge in [-0.25, -0.2) is 14.6 Å². The number of benzene rings is 2. The summed E-state index contributed by atoms with van der Waals surface area (Å²) in [5, 5.41) is 9.09. The molecule has 9 heteroatoms. The molecule has 0 spiro atoms. The summed E-state index contributed by atoms with van der Waals surface area (Å²) < 4.78 is 7.91. The largest absolute Gasteiger partial charge is 0.457 e. The molecule has 0 aliphatic carbocycles. The number of fused-ring (bicyclic) bond motifs is 1. The maximum atomic E-state index is 13.2. The van der Waals surface area contributed by atoms with Crippen LogP contribution in [0.15, 0.2) is 60.9 Å². The molecule has 0 radical (unpaired) electrons. The van der Waals surface area contributed by atoms with Crippen LogP contribution < -0.4 is 15.8 Å². The fourth-order valence-electron chi connectivity index (χ4n) is 5.44. The first kappa shape index (κ1) is 23.4. The lowest BCUT2D eigenvalue weighted by atomic mass is 9.95. The topological polar surface area (TPSA) is 111 Å². The second-order valence-electron chi connectivity index (χ2n) is 9.79. The minimum atomic E-state index is 0.0330. The Labute approximate surface area is 215 Å². The van der Waals surface area contributed by atoms with E-state index >= 15 is 0 Å². The van der Waals surface area contributed by atoms with E-state index < -0.39 is 0 Å². The average Bonchev–Trinajstić information content (AvgIpc) is 3.35. The number of nitrogens with zero attached hydrogens (tertiary/aromatic N) is 5. The minimum absolute atomic E-state index is 0.0330. The summed E-state index contributed by atoms with van der Waals surface area (Å²) in [5.74, 6) is 2.30. The van der Waals surface area contributed by atoms with Gasteiger partial charge in [0.15, 0.2) is 5.65 Å². The van der Waals surface area contributed by atoms with Gasteiger partial charge in [0, 0.05) is 24.6 Å². The van der Waals surface area contributed by atoms with Crippen molar-refractivity contribution in [2.45, 2.75) is 31.7 Å². The number of amides is 1. The Bertz CT molecular complexity index is 1380. The third-order valence-corrected chi connectivity index (χ3v) is 7.37. The number of likely N-dealkylation sites (tertiary alicyclic amines) is 1. The van der Waals surface area contributed by atoms with Crippen molar-refractivity contribution >= 4 is 22.8 Å². The minimum Gasteiger partial charge on any atom is -0.457 e. The Balaban J connectivity index is 1.29. The molecular formula is C28H31N7O2. The van der Waals surface area contributed by atoms with Gasteiger partial charge in [0.05, 0.1) is 11.4 Å². The second-order valence-corrected chi connectivity index (χ2v) is 9.79. The second kappa shape index (κ2) is 10.2. The van der Waals surface area contributed by atoms with Gasteiger partial charge in [0.1, 0.15) is 29.3 Å². The molecule has 9 nitrogen and oxygen atoms in total. The number of piperidine rings is 2. The SMILES string of the molecule is Nc1ncnc2c1c(-c1ccc(Oc3ccccc3)cc1)nn2[C@@H]1CCCN(C(=O)C2CCNCC2)C1. The zero-order valence-corrected chi connectivity index (χ0v) is 20.7. The van der Waals surface area contributed by atoms with Crippen LogP contribution in [-0.4, -0.2) is 56.7 Å². The number of anilines is 1. The van der Waals surface area contributed by atoms with Crippen LogP contribution in [-0.2, 0) is 4.79 Å². The standard InChI is InChI=1S/C28H31N7O2/c29-26-24-25(19-8-10-23(11-9-19)37-22-6-2-1-3-7-22)33-35(27(24)32-18-31-26)21-5-4-16-34(17-21)28(36)20-12-14-30-15-13-20/h1-3,6-11,18,20-21,30H,4-5,12-17H2,(H2,29,31,32)/t21-/m1/s1. The summed E-state index contributed by atoms with van der Waals surface area (Å²) in [6.45, 7) is 3.25. The summed E-state index contributed by atoms with van der Waals surface area (Å²) in [5.41, 5.74) is 8.69. The number of nitrogens with two attached hydrogens (primary N) is 1. The molecule has 6 rings (SSSR count). The van der Waals surface area contributed by atoms with Gasteiger partial charge in [0.2, 0.25) is 5.91 Å². The van der Waals surface area contributed by atoms with Crippen molar-refractivity contribution in [3.8, 4) is 22.8 Å². The molecule has 2 aliphatic rings. The molecule has 4 aromatic rings. The highest BCUT2D eigenvalue weighted by molar-refractivity contribution is 5.98. The Kier molecular flexibility index (Phi) is 6.44. The van der Waals surface area contributed by atoms with Gasteiger partial charge in [-0.2, -0.15) is 5.10 Å². The number of nitrogen functional groups attached to an aromatic ring is 1. The quantitative estimate of drug-likeness (QED) is 0.428. The number of carbonyl (C=O) groups is 1. The molecule has 2 aliphatic heterocycles. The van der Waals surface area contributed by atoms with Crippen LogP contribution in [0.3, 0.4) is 0 Å². The van der Waals surface area contributed by atoms with Crippen LogP contribution in [0.4, 0.5) is 5.82 Å². The van der Waals surface area contributed by atoms with Crippen LogP contribution in [0.2, 0.25) is 0 Å². The summed E-state index contributed by atoms with van der Waals surface area (Å²) in [6.07, 6.45) is 5.16. The van der Waals surface area contributed by atoms with Crippen molar-refractivity contribution in [3.05, 3.63) is 60.9 Å². The fourth-order valence-corrected chi connectivity index (χ4v) is 5.44. The third-order valence-electron chi connectivity index (χ3n) is 7.37. The molecular weight excluding hydrogens is 466 g/mol. The molecule has 37 heavy (non-hydrogen) atoms. The van der Waals surface area contributed by atoms with Gasteiger partial charge in [-0.15, -0.1) is 0 Å². The number of hydrogen-bond acceptors (Lipinski definition) is 7. The highest BCUT2D eigenvalue weighted by atomic mass is 16.5. The first-order valence-electron chi connectivity index (χ1n) is 13.0. The highest BCUT2D eigenvalue weighted by Crippen LogP contribution is 2.35. The van der Waals surface area contributed by atoms with E-state index in [4.69, 9.17) is 15.6 Å². The lowest BCUT2D eigenvalue weighted by Crippen LogP contribution is -2.46. The molecule has 1 amide bonds. The number of nitrogens with one attached hydrogen (secondary N) is 1. The van der Waals surface area contributed by atoms with Gasteiger partial charge < -0.3 is 20.7 Å². The van der Waals surface area contributed by atoms with E-state index in [1.54, 1.807) is 0 Å². The van der Waals surface area contributed by atoms with E-state index in [0.717, 1.165) is 73.5 Å². The van der Waals surface area contributed by atoms with Crippen LogP contribution in [0.25, 0.3) is 22.3 Å². The summed E-state index contributed by atoms with van der Waals surface area (Å²) in [7, 11) is 0. The molecule has 2 saturated heterocycles. The van der Waals surface area contributed by atoms with E-state index in [0.29, 0.717) is 18.0 Å².